The number of rotatable bonds is 4. The fourth-order valence-corrected chi connectivity index (χ4v) is 1.35. The van der Waals surface area contributed by atoms with Crippen LogP contribution in [0.1, 0.15) is 16.8 Å². The molecule has 17 heavy (non-hydrogen) atoms. The molecule has 4 nitrogen and oxygen atoms in total. The van der Waals surface area contributed by atoms with E-state index in [4.69, 9.17) is 5.11 Å². The van der Waals surface area contributed by atoms with Crippen LogP contribution in [0.15, 0.2) is 6.20 Å². The third-order valence-electron chi connectivity index (χ3n) is 2.23. The zero-order chi connectivity index (χ0) is 13.1. The molecule has 3 N–H and O–H groups in total. The van der Waals surface area contributed by atoms with Gasteiger partial charge in [-0.3, -0.25) is 4.98 Å². The first-order chi connectivity index (χ1) is 7.85. The first kappa shape index (κ1) is 13.7. The molecule has 0 unspecified atom stereocenters. The summed E-state index contributed by atoms with van der Waals surface area (Å²) in [6, 6.07) is 0. The van der Waals surface area contributed by atoms with Crippen LogP contribution in [0.25, 0.3) is 0 Å². The molecule has 1 aromatic rings. The first-order valence-corrected chi connectivity index (χ1v) is 4.90. The van der Waals surface area contributed by atoms with Gasteiger partial charge in [-0.25, -0.2) is 0 Å². The Morgan fingerprint density at radius 3 is 2.59 bits per heavy atom. The standard InChI is InChI=1S/C10H13F3N2O2/c1-6-9(17)8(7(4-16)2-15-6)3-14-5-10(11,12)13/h2,14,16-17H,3-5H2,1H3. The van der Waals surface area contributed by atoms with Gasteiger partial charge >= 0.3 is 6.18 Å². The zero-order valence-corrected chi connectivity index (χ0v) is 9.17. The van der Waals surface area contributed by atoms with Gasteiger partial charge in [-0.2, -0.15) is 13.2 Å². The van der Waals surface area contributed by atoms with Crippen LogP contribution in [-0.2, 0) is 13.2 Å². The fraction of sp³-hybridized carbons (Fsp3) is 0.500. The van der Waals surface area contributed by atoms with Gasteiger partial charge in [0.2, 0.25) is 0 Å². The predicted octanol–water partition coefficient (Wildman–Crippen LogP) is 1.24. The van der Waals surface area contributed by atoms with E-state index in [1.165, 1.54) is 13.1 Å². The van der Waals surface area contributed by atoms with Gasteiger partial charge in [0.05, 0.1) is 18.8 Å². The third kappa shape index (κ3) is 3.86. The lowest BCUT2D eigenvalue weighted by atomic mass is 10.1. The van der Waals surface area contributed by atoms with Crippen LogP contribution in [0.2, 0.25) is 0 Å². The molecule has 0 aliphatic heterocycles. The highest BCUT2D eigenvalue weighted by atomic mass is 19.4. The van der Waals surface area contributed by atoms with Crippen molar-refractivity contribution in [2.24, 2.45) is 0 Å². The summed E-state index contributed by atoms with van der Waals surface area (Å²) < 4.78 is 35.8. The molecule has 1 heterocycles. The first-order valence-electron chi connectivity index (χ1n) is 4.90. The summed E-state index contributed by atoms with van der Waals surface area (Å²) in [4.78, 5) is 3.81. The molecule has 0 radical (unpaired) electrons. The van der Waals surface area contributed by atoms with E-state index in [1.54, 1.807) is 0 Å². The normalized spacial score (nSPS) is 11.8. The Morgan fingerprint density at radius 2 is 2.06 bits per heavy atom. The van der Waals surface area contributed by atoms with E-state index in [0.29, 0.717) is 11.3 Å². The zero-order valence-electron chi connectivity index (χ0n) is 9.17. The fourth-order valence-electron chi connectivity index (χ4n) is 1.35. The van der Waals surface area contributed by atoms with Crippen molar-refractivity contribution in [1.82, 2.24) is 10.3 Å². The lowest BCUT2D eigenvalue weighted by Crippen LogP contribution is -2.28. The van der Waals surface area contributed by atoms with E-state index < -0.39 is 12.7 Å². The summed E-state index contributed by atoms with van der Waals surface area (Å²) >= 11 is 0. The van der Waals surface area contributed by atoms with Crippen LogP contribution in [-0.4, -0.2) is 27.9 Å². The van der Waals surface area contributed by atoms with Gasteiger partial charge in [-0.05, 0) is 6.92 Å². The van der Waals surface area contributed by atoms with Crippen molar-refractivity contribution in [1.29, 1.82) is 0 Å². The minimum absolute atomic E-state index is 0.176. The van der Waals surface area contributed by atoms with Gasteiger partial charge in [0.25, 0.3) is 0 Å². The maximum Gasteiger partial charge on any atom is 0.401 e. The van der Waals surface area contributed by atoms with Crippen molar-refractivity contribution in [3.05, 3.63) is 23.0 Å². The second-order valence-electron chi connectivity index (χ2n) is 3.57. The van der Waals surface area contributed by atoms with Crippen molar-refractivity contribution in [3.8, 4) is 5.75 Å². The Morgan fingerprint density at radius 1 is 1.41 bits per heavy atom. The summed E-state index contributed by atoms with van der Waals surface area (Å²) in [7, 11) is 0. The van der Waals surface area contributed by atoms with Gasteiger partial charge in [-0.15, -0.1) is 0 Å². The lowest BCUT2D eigenvalue weighted by Gasteiger charge is -2.13. The molecule has 1 rings (SSSR count). The minimum atomic E-state index is -4.31. The molecule has 0 bridgehead atoms. The van der Waals surface area contributed by atoms with Gasteiger partial charge in [0, 0.05) is 23.9 Å². The number of aryl methyl sites for hydroxylation is 1. The average Bonchev–Trinajstić information content (AvgIpc) is 2.23. The molecular weight excluding hydrogens is 237 g/mol. The third-order valence-corrected chi connectivity index (χ3v) is 2.23. The monoisotopic (exact) mass is 250 g/mol. The van der Waals surface area contributed by atoms with Crippen LogP contribution in [0.5, 0.6) is 5.75 Å². The van der Waals surface area contributed by atoms with Gasteiger partial charge in [0.1, 0.15) is 5.75 Å². The topological polar surface area (TPSA) is 65.4 Å². The molecule has 0 fully saturated rings. The number of aliphatic hydroxyl groups excluding tert-OH is 1. The SMILES string of the molecule is Cc1ncc(CO)c(CNCC(F)(F)F)c1O. The summed E-state index contributed by atoms with van der Waals surface area (Å²) in [6.45, 7) is -0.184. The molecule has 96 valence electrons. The average molecular weight is 250 g/mol. The predicted molar refractivity (Wildman–Crippen MR) is 54.3 cm³/mol. The second kappa shape index (κ2) is 5.33. The van der Waals surface area contributed by atoms with Gasteiger partial charge in [-0.1, -0.05) is 0 Å². The van der Waals surface area contributed by atoms with Crippen LogP contribution in [0, 0.1) is 6.92 Å². The molecule has 0 atom stereocenters. The van der Waals surface area contributed by atoms with E-state index in [0.717, 1.165) is 0 Å². The van der Waals surface area contributed by atoms with Crippen molar-refractivity contribution in [3.63, 3.8) is 0 Å². The highest BCUT2D eigenvalue weighted by Gasteiger charge is 2.26. The van der Waals surface area contributed by atoms with Gasteiger partial charge in [0.15, 0.2) is 0 Å². The van der Waals surface area contributed by atoms with Gasteiger partial charge < -0.3 is 15.5 Å². The number of halogens is 3. The Kier molecular flexibility index (Phi) is 4.30. The number of alkyl halides is 3. The molecule has 0 aliphatic carbocycles. The number of hydrogen-bond acceptors (Lipinski definition) is 4. The molecule has 0 aromatic carbocycles. The molecule has 0 saturated carbocycles. The molecule has 0 amide bonds. The smallest absolute Gasteiger partial charge is 0.401 e. The van der Waals surface area contributed by atoms with E-state index >= 15 is 0 Å². The Bertz CT molecular complexity index is 394. The molecule has 0 saturated heterocycles. The molecule has 0 spiro atoms. The second-order valence-corrected chi connectivity index (χ2v) is 3.57. The van der Waals surface area contributed by atoms with E-state index in [-0.39, 0.29) is 24.5 Å². The molecule has 7 heteroatoms. The number of pyridine rings is 1. The Balaban J connectivity index is 2.79. The van der Waals surface area contributed by atoms with Crippen LogP contribution in [0.3, 0.4) is 0 Å². The van der Waals surface area contributed by atoms with Crippen LogP contribution >= 0.6 is 0 Å². The Hall–Kier alpha value is -1.34. The quantitative estimate of drug-likeness (QED) is 0.752. The largest absolute Gasteiger partial charge is 0.506 e. The number of nitrogens with one attached hydrogen (secondary N) is 1. The number of aromatic hydroxyl groups is 1. The summed E-state index contributed by atoms with van der Waals surface area (Å²) in [5.41, 5.74) is 0.859. The van der Waals surface area contributed by atoms with Crippen molar-refractivity contribution in [2.75, 3.05) is 6.54 Å². The highest BCUT2D eigenvalue weighted by molar-refractivity contribution is 5.40. The maximum atomic E-state index is 11.9. The highest BCUT2D eigenvalue weighted by Crippen LogP contribution is 2.24. The van der Waals surface area contributed by atoms with Crippen LogP contribution in [0.4, 0.5) is 13.2 Å². The van der Waals surface area contributed by atoms with Crippen LogP contribution < -0.4 is 5.32 Å². The van der Waals surface area contributed by atoms with E-state index in [2.05, 4.69) is 10.3 Å². The number of aromatic nitrogens is 1. The van der Waals surface area contributed by atoms with Crippen molar-refractivity contribution >= 4 is 0 Å². The van der Waals surface area contributed by atoms with E-state index in [1.807, 2.05) is 0 Å². The Labute approximate surface area is 96.1 Å². The minimum Gasteiger partial charge on any atom is -0.506 e. The van der Waals surface area contributed by atoms with Crippen molar-refractivity contribution in [2.45, 2.75) is 26.3 Å². The number of nitrogens with zero attached hydrogens (tertiary/aromatic N) is 1. The molecule has 0 aliphatic rings. The van der Waals surface area contributed by atoms with Crippen molar-refractivity contribution < 1.29 is 23.4 Å². The summed E-state index contributed by atoms with van der Waals surface area (Å²) in [5, 5.41) is 20.8. The summed E-state index contributed by atoms with van der Waals surface area (Å²) in [5.74, 6) is -0.189. The number of hydrogen-bond donors (Lipinski definition) is 3. The summed E-state index contributed by atoms with van der Waals surface area (Å²) in [6.07, 6.45) is -2.98. The maximum absolute atomic E-state index is 11.9. The number of aliphatic hydroxyl groups is 1. The molecule has 1 aromatic heterocycles. The van der Waals surface area contributed by atoms with E-state index in [9.17, 15) is 18.3 Å². The molecular formula is C10H13F3N2O2. The lowest BCUT2D eigenvalue weighted by molar-refractivity contribution is -0.125.